The lowest BCUT2D eigenvalue weighted by atomic mass is 10.1. The van der Waals surface area contributed by atoms with E-state index in [-0.39, 0.29) is 30.5 Å². The molecule has 28 heavy (non-hydrogen) atoms. The van der Waals surface area contributed by atoms with Gasteiger partial charge < -0.3 is 25.2 Å². The van der Waals surface area contributed by atoms with E-state index in [4.69, 9.17) is 9.47 Å². The van der Waals surface area contributed by atoms with Gasteiger partial charge in [0, 0.05) is 36.7 Å². The number of aryl methyl sites for hydroxylation is 1. The van der Waals surface area contributed by atoms with E-state index in [2.05, 4.69) is 27.5 Å². The molecule has 0 bridgehead atoms. The lowest BCUT2D eigenvalue weighted by molar-refractivity contribution is 0.186. The van der Waals surface area contributed by atoms with Crippen LogP contribution >= 0.6 is 35.3 Å². The number of ether oxygens (including phenoxy) is 2. The van der Waals surface area contributed by atoms with Crippen molar-refractivity contribution >= 4 is 41.3 Å². The molecule has 7 nitrogen and oxygen atoms in total. The molecule has 0 aliphatic heterocycles. The molecule has 0 saturated carbocycles. The van der Waals surface area contributed by atoms with Crippen molar-refractivity contribution < 1.29 is 14.6 Å². The molecule has 9 heteroatoms. The van der Waals surface area contributed by atoms with Crippen LogP contribution in [0.1, 0.15) is 28.5 Å². The number of benzene rings is 1. The summed E-state index contributed by atoms with van der Waals surface area (Å²) in [5.74, 6) is 1.94. The maximum atomic E-state index is 10.5. The number of nitrogens with zero attached hydrogens (tertiary/aromatic N) is 2. The Kier molecular flexibility index (Phi) is 11.2. The molecule has 156 valence electrons. The highest BCUT2D eigenvalue weighted by Gasteiger charge is 2.11. The number of halogens is 1. The lowest BCUT2D eigenvalue weighted by Gasteiger charge is -2.14. The first-order valence-electron chi connectivity index (χ1n) is 8.90. The van der Waals surface area contributed by atoms with Gasteiger partial charge in [-0.25, -0.2) is 4.98 Å². The Bertz CT molecular complexity index is 732. The first kappa shape index (κ1) is 24.4. The van der Waals surface area contributed by atoms with Gasteiger partial charge in [-0.2, -0.15) is 0 Å². The molecule has 1 atom stereocenters. The number of hydrogen-bond acceptors (Lipinski definition) is 6. The van der Waals surface area contributed by atoms with E-state index in [0.717, 1.165) is 24.5 Å². The highest BCUT2D eigenvalue weighted by atomic mass is 127. The summed E-state index contributed by atoms with van der Waals surface area (Å²) in [4.78, 5) is 10.1. The molecule has 0 spiro atoms. The fourth-order valence-electron chi connectivity index (χ4n) is 2.45. The maximum absolute atomic E-state index is 10.5. The van der Waals surface area contributed by atoms with Crippen LogP contribution in [0, 0.1) is 6.92 Å². The van der Waals surface area contributed by atoms with Gasteiger partial charge >= 0.3 is 0 Å². The average Bonchev–Trinajstić information content (AvgIpc) is 3.10. The van der Waals surface area contributed by atoms with Crippen molar-refractivity contribution in [1.82, 2.24) is 15.6 Å². The predicted molar refractivity (Wildman–Crippen MR) is 124 cm³/mol. The third-order valence-corrected chi connectivity index (χ3v) is 4.80. The van der Waals surface area contributed by atoms with Gasteiger partial charge in [0.25, 0.3) is 0 Å². The molecule has 1 heterocycles. The number of aliphatic hydroxyl groups is 1. The van der Waals surface area contributed by atoms with Crippen molar-refractivity contribution in [1.29, 1.82) is 0 Å². The number of aliphatic imine (C=N–C) groups is 1. The van der Waals surface area contributed by atoms with E-state index in [0.29, 0.717) is 23.0 Å². The summed E-state index contributed by atoms with van der Waals surface area (Å²) in [5, 5.41) is 18.1. The highest BCUT2D eigenvalue weighted by Crippen LogP contribution is 2.26. The van der Waals surface area contributed by atoms with Crippen LogP contribution in [0.15, 0.2) is 29.4 Å². The molecule has 2 rings (SSSR count). The number of methoxy groups -OCH3 is 2. The second kappa shape index (κ2) is 12.8. The van der Waals surface area contributed by atoms with Crippen LogP contribution in [0.5, 0.6) is 11.5 Å². The largest absolute Gasteiger partial charge is 0.497 e. The van der Waals surface area contributed by atoms with Crippen molar-refractivity contribution in [3.63, 3.8) is 0 Å². The summed E-state index contributed by atoms with van der Waals surface area (Å²) in [7, 11) is 3.17. The normalized spacial score (nSPS) is 12.1. The molecule has 3 N–H and O–H groups in total. The Labute approximate surface area is 187 Å². The second-order valence-electron chi connectivity index (χ2n) is 5.92. The fourth-order valence-corrected chi connectivity index (χ4v) is 3.24. The minimum Gasteiger partial charge on any atom is -0.497 e. The van der Waals surface area contributed by atoms with Gasteiger partial charge in [-0.1, -0.05) is 0 Å². The monoisotopic (exact) mass is 520 g/mol. The first-order valence-corrected chi connectivity index (χ1v) is 9.71. The summed E-state index contributed by atoms with van der Waals surface area (Å²) >= 11 is 1.70. The molecule has 0 amide bonds. The topological polar surface area (TPSA) is 88.0 Å². The standard InChI is InChI=1S/C19H28N4O3S.HI/c1-5-20-19(21-7-6-18-22-11-13(2)27-18)23-12-17(24)14-8-15(25-3)10-16(9-14)26-4;/h8-11,17,24H,5-7,12H2,1-4H3,(H2,20,21,23);1H. The van der Waals surface area contributed by atoms with Crippen molar-refractivity contribution in [2.24, 2.45) is 4.99 Å². The lowest BCUT2D eigenvalue weighted by Crippen LogP contribution is -2.38. The molecule has 0 radical (unpaired) electrons. The van der Waals surface area contributed by atoms with E-state index in [1.165, 1.54) is 4.88 Å². The molecular formula is C19H29IN4O3S. The molecule has 1 aromatic heterocycles. The van der Waals surface area contributed by atoms with Crippen molar-refractivity contribution in [2.45, 2.75) is 26.4 Å². The Morgan fingerprint density at radius 2 is 1.89 bits per heavy atom. The second-order valence-corrected chi connectivity index (χ2v) is 7.24. The van der Waals surface area contributed by atoms with Gasteiger partial charge in [0.2, 0.25) is 0 Å². The fraction of sp³-hybridized carbons (Fsp3) is 0.474. The average molecular weight is 520 g/mol. The Morgan fingerprint density at radius 3 is 2.43 bits per heavy atom. The van der Waals surface area contributed by atoms with E-state index in [1.807, 2.05) is 13.1 Å². The van der Waals surface area contributed by atoms with Gasteiger partial charge in [0.1, 0.15) is 11.5 Å². The number of hydrogen-bond donors (Lipinski definition) is 3. The van der Waals surface area contributed by atoms with E-state index in [1.54, 1.807) is 43.8 Å². The molecule has 0 saturated heterocycles. The highest BCUT2D eigenvalue weighted by molar-refractivity contribution is 14.0. The molecular weight excluding hydrogens is 491 g/mol. The summed E-state index contributed by atoms with van der Waals surface area (Å²) < 4.78 is 10.5. The Hall–Kier alpha value is -1.59. The number of guanidine groups is 1. The number of aliphatic hydroxyl groups excluding tert-OH is 1. The zero-order valence-corrected chi connectivity index (χ0v) is 19.8. The number of aromatic nitrogens is 1. The molecule has 1 unspecified atom stereocenters. The van der Waals surface area contributed by atoms with Gasteiger partial charge in [0.05, 0.1) is 31.9 Å². The van der Waals surface area contributed by atoms with Crippen LogP contribution in [0.4, 0.5) is 0 Å². The summed E-state index contributed by atoms with van der Waals surface area (Å²) in [6.07, 6.45) is 1.96. The van der Waals surface area contributed by atoms with E-state index in [9.17, 15) is 5.11 Å². The first-order chi connectivity index (χ1) is 13.0. The third-order valence-electron chi connectivity index (χ3n) is 3.83. The Balaban J connectivity index is 0.00000392. The minimum absolute atomic E-state index is 0. The van der Waals surface area contributed by atoms with Crippen LogP contribution in [0.2, 0.25) is 0 Å². The predicted octanol–water partition coefficient (Wildman–Crippen LogP) is 2.92. The zero-order chi connectivity index (χ0) is 19.6. The van der Waals surface area contributed by atoms with Crippen molar-refractivity contribution in [3.05, 3.63) is 39.8 Å². The van der Waals surface area contributed by atoms with Crippen molar-refractivity contribution in [3.8, 4) is 11.5 Å². The summed E-state index contributed by atoms with van der Waals surface area (Å²) in [6.45, 7) is 5.75. The van der Waals surface area contributed by atoms with Crippen molar-refractivity contribution in [2.75, 3.05) is 33.9 Å². The van der Waals surface area contributed by atoms with Gasteiger partial charge in [-0.15, -0.1) is 35.3 Å². The van der Waals surface area contributed by atoms with Crippen LogP contribution in [0.25, 0.3) is 0 Å². The number of thiazole rings is 1. The van der Waals surface area contributed by atoms with Crippen LogP contribution in [0.3, 0.4) is 0 Å². The van der Waals surface area contributed by atoms with Crippen LogP contribution < -0.4 is 20.1 Å². The van der Waals surface area contributed by atoms with Crippen LogP contribution in [-0.2, 0) is 6.42 Å². The molecule has 2 aromatic rings. The summed E-state index contributed by atoms with van der Waals surface area (Å²) in [5.41, 5.74) is 0.698. The Morgan fingerprint density at radius 1 is 1.21 bits per heavy atom. The van der Waals surface area contributed by atoms with Gasteiger partial charge in [-0.3, -0.25) is 4.99 Å². The molecule has 1 aromatic carbocycles. The molecule has 0 aliphatic rings. The number of nitrogens with one attached hydrogen (secondary N) is 2. The third kappa shape index (κ3) is 7.80. The number of rotatable bonds is 9. The van der Waals surface area contributed by atoms with Gasteiger partial charge in [-0.05, 0) is 31.5 Å². The molecule has 0 fully saturated rings. The maximum Gasteiger partial charge on any atom is 0.191 e. The summed E-state index contributed by atoms with van der Waals surface area (Å²) in [6, 6.07) is 5.34. The van der Waals surface area contributed by atoms with Crippen LogP contribution in [-0.4, -0.2) is 49.9 Å². The molecule has 0 aliphatic carbocycles. The minimum atomic E-state index is -0.758. The van der Waals surface area contributed by atoms with E-state index >= 15 is 0 Å². The quantitative estimate of drug-likeness (QED) is 0.268. The SMILES string of the molecule is CCNC(=NCC(O)c1cc(OC)cc(OC)c1)NCCc1ncc(C)s1.I. The zero-order valence-electron chi connectivity index (χ0n) is 16.7. The van der Waals surface area contributed by atoms with E-state index < -0.39 is 6.10 Å². The smallest absolute Gasteiger partial charge is 0.191 e. The van der Waals surface area contributed by atoms with Gasteiger partial charge in [0.15, 0.2) is 5.96 Å².